The van der Waals surface area contributed by atoms with Crippen molar-refractivity contribution in [2.75, 3.05) is 0 Å². The average Bonchev–Trinajstić information content (AvgIpc) is 1.54. The van der Waals surface area contributed by atoms with E-state index < -0.39 is 0 Å². The van der Waals surface area contributed by atoms with Gasteiger partial charge in [-0.15, -0.1) is 0 Å². The van der Waals surface area contributed by atoms with E-state index in [1.54, 1.807) is 0 Å². The quantitative estimate of drug-likeness (QED) is 0.599. The molecule has 3 nitrogen and oxygen atoms in total. The molecule has 0 saturated heterocycles. The molecule has 0 aromatic carbocycles. The zero-order chi connectivity index (χ0) is 10.7. The number of carbonyl (C=O) groups excluding carboxylic acids is 3. The van der Waals surface area contributed by atoms with Gasteiger partial charge < -0.3 is 14.4 Å². The van der Waals surface area contributed by atoms with Gasteiger partial charge in [-0.1, -0.05) is 0 Å². The van der Waals surface area contributed by atoms with E-state index in [0.29, 0.717) is 0 Å². The van der Waals surface area contributed by atoms with E-state index >= 15 is 0 Å². The second-order valence-electron chi connectivity index (χ2n) is 2.72. The summed E-state index contributed by atoms with van der Waals surface area (Å²) >= 11 is 0. The summed E-state index contributed by atoms with van der Waals surface area (Å²) in [5.74, 6) is 0.500. The van der Waals surface area contributed by atoms with Crippen LogP contribution < -0.4 is 0 Å². The van der Waals surface area contributed by atoms with Gasteiger partial charge in [-0.25, -0.2) is 0 Å². The van der Waals surface area contributed by atoms with Gasteiger partial charge in [-0.3, -0.25) is 0 Å². The third-order valence-electron chi connectivity index (χ3n) is 0. The van der Waals surface area contributed by atoms with Crippen molar-refractivity contribution in [3.8, 4) is 0 Å². The Kier molecular flexibility index (Phi) is 30.9. The Morgan fingerprint density at radius 2 is 0.538 bits per heavy atom. The maximum Gasteiger partial charge on any atom is 0.126 e. The maximum absolute atomic E-state index is 9.44. The van der Waals surface area contributed by atoms with E-state index in [1.807, 2.05) is 0 Å². The van der Waals surface area contributed by atoms with Crippen molar-refractivity contribution in [2.24, 2.45) is 0 Å². The molecular weight excluding hydrogens is 215 g/mol. The number of rotatable bonds is 0. The van der Waals surface area contributed by atoms with Crippen LogP contribution >= 0.6 is 0 Å². The molecule has 0 radical (unpaired) electrons. The molecule has 0 saturated carbocycles. The van der Waals surface area contributed by atoms with Gasteiger partial charge in [0.25, 0.3) is 0 Å². The fourth-order valence-corrected chi connectivity index (χ4v) is 0. The molecule has 0 aliphatic rings. The molecule has 0 rings (SSSR count). The summed E-state index contributed by atoms with van der Waals surface area (Å²) in [5.41, 5.74) is 0. The first-order valence-electron chi connectivity index (χ1n) is 3.61. The molecule has 0 aliphatic carbocycles. The van der Waals surface area contributed by atoms with Crippen molar-refractivity contribution in [3.05, 3.63) is 0 Å². The van der Waals surface area contributed by atoms with Gasteiger partial charge in [-0.05, 0) is 41.5 Å². The summed E-state index contributed by atoms with van der Waals surface area (Å²) in [6, 6.07) is 0. The van der Waals surface area contributed by atoms with Gasteiger partial charge in [0.05, 0.1) is 0 Å². The van der Waals surface area contributed by atoms with Crippen LogP contribution in [0.25, 0.3) is 0 Å². The van der Waals surface area contributed by atoms with E-state index in [4.69, 9.17) is 0 Å². The Bertz CT molecular complexity index is 112. The van der Waals surface area contributed by atoms with Crippen molar-refractivity contribution in [3.63, 3.8) is 0 Å². The minimum absolute atomic E-state index is 0. The van der Waals surface area contributed by atoms with E-state index in [1.165, 1.54) is 41.5 Å². The second kappa shape index (κ2) is 17.6. The molecule has 13 heavy (non-hydrogen) atoms. The molecule has 0 aromatic rings. The fraction of sp³-hybridized carbons (Fsp3) is 0.667. The second-order valence-corrected chi connectivity index (χ2v) is 2.72. The SMILES string of the molecule is CC(C)=O.CC(C)=O.CC(C)=O.[Ni]. The first kappa shape index (κ1) is 22.9. The molecule has 0 fully saturated rings. The molecule has 0 N–H and O–H groups in total. The Balaban J connectivity index is -0.0000000450. The van der Waals surface area contributed by atoms with E-state index in [2.05, 4.69) is 0 Å². The fourth-order valence-electron chi connectivity index (χ4n) is 0. The third kappa shape index (κ3) is 4210. The van der Waals surface area contributed by atoms with Gasteiger partial charge in [0.2, 0.25) is 0 Å². The standard InChI is InChI=1S/3C3H6O.Ni/c3*1-3(2)4;/h3*1-2H3;. The largest absolute Gasteiger partial charge is 0.300 e. The summed E-state index contributed by atoms with van der Waals surface area (Å²) in [5, 5.41) is 0. The summed E-state index contributed by atoms with van der Waals surface area (Å²) in [7, 11) is 0. The van der Waals surface area contributed by atoms with Crippen LogP contribution in [0.2, 0.25) is 0 Å². The van der Waals surface area contributed by atoms with Crippen molar-refractivity contribution in [1.82, 2.24) is 0 Å². The zero-order valence-corrected chi connectivity index (χ0v) is 10.0. The Morgan fingerprint density at radius 1 is 0.538 bits per heavy atom. The smallest absolute Gasteiger partial charge is 0.126 e. The van der Waals surface area contributed by atoms with Crippen molar-refractivity contribution in [1.29, 1.82) is 0 Å². The molecular formula is C9H18NiO3. The topological polar surface area (TPSA) is 51.2 Å². The van der Waals surface area contributed by atoms with E-state index in [9.17, 15) is 14.4 Å². The number of hydrogen-bond donors (Lipinski definition) is 0. The Labute approximate surface area is 90.2 Å². The number of carbonyl (C=O) groups is 3. The van der Waals surface area contributed by atoms with Crippen molar-refractivity contribution in [2.45, 2.75) is 41.5 Å². The molecule has 0 aromatic heterocycles. The molecule has 4 heteroatoms. The monoisotopic (exact) mass is 232 g/mol. The summed E-state index contributed by atoms with van der Waals surface area (Å²) < 4.78 is 0. The van der Waals surface area contributed by atoms with Gasteiger partial charge in [-0.2, -0.15) is 0 Å². The molecule has 0 atom stereocenters. The maximum atomic E-state index is 9.44. The molecule has 0 spiro atoms. The first-order chi connectivity index (χ1) is 5.20. The van der Waals surface area contributed by atoms with Gasteiger partial charge in [0, 0.05) is 16.5 Å². The molecule has 0 aliphatic heterocycles. The Hall–Kier alpha value is -0.496. The molecule has 0 heterocycles. The average molecular weight is 233 g/mol. The van der Waals surface area contributed by atoms with Crippen LogP contribution in [0.1, 0.15) is 41.5 Å². The predicted octanol–water partition coefficient (Wildman–Crippen LogP) is 1.78. The van der Waals surface area contributed by atoms with Crippen molar-refractivity contribution >= 4 is 17.3 Å². The van der Waals surface area contributed by atoms with Crippen LogP contribution in [0, 0.1) is 0 Å². The van der Waals surface area contributed by atoms with E-state index in [-0.39, 0.29) is 33.8 Å². The molecule has 0 bridgehead atoms. The number of Topliss-reactive ketones (excluding diaryl/α,β-unsaturated/α-hetero) is 3. The summed E-state index contributed by atoms with van der Waals surface area (Å²) in [6.45, 7) is 9.17. The molecule has 0 unspecified atom stereocenters. The van der Waals surface area contributed by atoms with Gasteiger partial charge in [0.15, 0.2) is 0 Å². The first-order valence-corrected chi connectivity index (χ1v) is 3.61. The van der Waals surface area contributed by atoms with Gasteiger partial charge in [0.1, 0.15) is 17.3 Å². The van der Waals surface area contributed by atoms with Crippen LogP contribution in [0.4, 0.5) is 0 Å². The van der Waals surface area contributed by atoms with Crippen molar-refractivity contribution < 1.29 is 30.9 Å². The zero-order valence-electron chi connectivity index (χ0n) is 9.04. The summed E-state index contributed by atoms with van der Waals surface area (Å²) in [6.07, 6.45) is 0. The third-order valence-corrected chi connectivity index (χ3v) is 0. The molecule has 0 amide bonds. The van der Waals surface area contributed by atoms with Crippen LogP contribution in [0.15, 0.2) is 0 Å². The predicted molar refractivity (Wildman–Crippen MR) is 49.1 cm³/mol. The summed E-state index contributed by atoms with van der Waals surface area (Å²) in [4.78, 5) is 28.3. The number of ketones is 3. The molecule has 82 valence electrons. The number of hydrogen-bond acceptors (Lipinski definition) is 3. The van der Waals surface area contributed by atoms with Gasteiger partial charge >= 0.3 is 0 Å². The van der Waals surface area contributed by atoms with E-state index in [0.717, 1.165) is 0 Å². The van der Waals surface area contributed by atoms with Crippen LogP contribution in [-0.4, -0.2) is 17.3 Å². The normalized spacial score (nSPS) is 6.00. The van der Waals surface area contributed by atoms with Crippen LogP contribution in [0.3, 0.4) is 0 Å². The minimum Gasteiger partial charge on any atom is -0.300 e. The minimum atomic E-state index is 0. The van der Waals surface area contributed by atoms with Crippen LogP contribution in [-0.2, 0) is 30.9 Å². The van der Waals surface area contributed by atoms with Crippen LogP contribution in [0.5, 0.6) is 0 Å². The Morgan fingerprint density at radius 3 is 0.538 bits per heavy atom.